The second-order valence-corrected chi connectivity index (χ2v) is 7.57. The van der Waals surface area contributed by atoms with E-state index in [4.69, 9.17) is 11.6 Å². The molecule has 0 aliphatic rings. The topological polar surface area (TPSA) is 35.1 Å². The standard InChI is InChI=1S/C21H15ClN4S/c22-16-12-10-15(11-13-16)14-27-21-24-23-20-25(17-6-2-1-3-7-17)18-8-4-5-9-19(18)26(20)21/h1-13H,14H2. The first-order valence-electron chi connectivity index (χ1n) is 8.58. The molecular weight excluding hydrogens is 376 g/mol. The molecule has 0 fully saturated rings. The van der Waals surface area contributed by atoms with Gasteiger partial charge in [-0.25, -0.2) is 0 Å². The molecule has 5 rings (SSSR count). The van der Waals surface area contributed by atoms with Gasteiger partial charge in [0, 0.05) is 16.5 Å². The third-order valence-electron chi connectivity index (χ3n) is 4.48. The molecule has 27 heavy (non-hydrogen) atoms. The van der Waals surface area contributed by atoms with Gasteiger partial charge in [-0.2, -0.15) is 0 Å². The SMILES string of the molecule is Clc1ccc(CSc2nnc3n(-c4ccccc4)c4ccccc4n23)cc1. The number of halogens is 1. The summed E-state index contributed by atoms with van der Waals surface area (Å²) in [6.45, 7) is 0. The van der Waals surface area contributed by atoms with Crippen LogP contribution in [-0.2, 0) is 5.75 Å². The van der Waals surface area contributed by atoms with Crippen LogP contribution in [-0.4, -0.2) is 19.2 Å². The molecule has 0 aliphatic carbocycles. The van der Waals surface area contributed by atoms with E-state index in [1.54, 1.807) is 11.8 Å². The zero-order chi connectivity index (χ0) is 18.2. The summed E-state index contributed by atoms with van der Waals surface area (Å²) in [6.07, 6.45) is 0. The summed E-state index contributed by atoms with van der Waals surface area (Å²) in [5.41, 5.74) is 4.49. The average Bonchev–Trinajstić information content (AvgIpc) is 3.26. The van der Waals surface area contributed by atoms with Crippen LogP contribution in [0.3, 0.4) is 0 Å². The highest BCUT2D eigenvalue weighted by Gasteiger charge is 2.17. The highest BCUT2D eigenvalue weighted by atomic mass is 35.5. The Morgan fingerprint density at radius 3 is 2.26 bits per heavy atom. The Bertz CT molecular complexity index is 1230. The van der Waals surface area contributed by atoms with Gasteiger partial charge in [-0.3, -0.25) is 8.97 Å². The Morgan fingerprint density at radius 1 is 0.778 bits per heavy atom. The fourth-order valence-electron chi connectivity index (χ4n) is 3.22. The van der Waals surface area contributed by atoms with Gasteiger partial charge in [-0.15, -0.1) is 10.2 Å². The molecule has 0 amide bonds. The highest BCUT2D eigenvalue weighted by molar-refractivity contribution is 7.98. The third-order valence-corrected chi connectivity index (χ3v) is 5.73. The molecule has 2 aromatic heterocycles. The first-order valence-corrected chi connectivity index (χ1v) is 9.95. The van der Waals surface area contributed by atoms with Crippen molar-refractivity contribution in [1.82, 2.24) is 19.2 Å². The van der Waals surface area contributed by atoms with Crippen molar-refractivity contribution in [2.75, 3.05) is 0 Å². The molecule has 0 spiro atoms. The summed E-state index contributed by atoms with van der Waals surface area (Å²) in [6, 6.07) is 26.5. The Hall–Kier alpha value is -2.76. The fourth-order valence-corrected chi connectivity index (χ4v) is 4.24. The number of benzene rings is 3. The Labute approximate surface area is 165 Å². The van der Waals surface area contributed by atoms with E-state index < -0.39 is 0 Å². The van der Waals surface area contributed by atoms with Gasteiger partial charge in [-0.05, 0) is 42.0 Å². The lowest BCUT2D eigenvalue weighted by Crippen LogP contribution is -1.94. The van der Waals surface area contributed by atoms with Crippen molar-refractivity contribution < 1.29 is 0 Å². The van der Waals surface area contributed by atoms with Crippen LogP contribution in [0.2, 0.25) is 5.02 Å². The number of hydrogen-bond donors (Lipinski definition) is 0. The molecule has 0 radical (unpaired) electrons. The normalized spacial score (nSPS) is 11.4. The number of thioether (sulfide) groups is 1. The van der Waals surface area contributed by atoms with Gasteiger partial charge < -0.3 is 0 Å². The number of fused-ring (bicyclic) bond motifs is 3. The summed E-state index contributed by atoms with van der Waals surface area (Å²) in [5, 5.41) is 10.6. The molecule has 0 unspecified atom stereocenters. The zero-order valence-corrected chi connectivity index (χ0v) is 15.9. The van der Waals surface area contributed by atoms with Gasteiger partial charge in [0.2, 0.25) is 5.78 Å². The molecule has 0 saturated heterocycles. The minimum atomic E-state index is 0.750. The van der Waals surface area contributed by atoms with Crippen LogP contribution < -0.4 is 0 Å². The van der Waals surface area contributed by atoms with Gasteiger partial charge >= 0.3 is 0 Å². The van der Waals surface area contributed by atoms with Crippen molar-refractivity contribution in [2.24, 2.45) is 0 Å². The van der Waals surface area contributed by atoms with Crippen LogP contribution in [0.4, 0.5) is 0 Å². The zero-order valence-electron chi connectivity index (χ0n) is 14.3. The maximum Gasteiger partial charge on any atom is 0.241 e. The number of para-hydroxylation sites is 3. The molecule has 6 heteroatoms. The smallest absolute Gasteiger partial charge is 0.241 e. The molecule has 5 aromatic rings. The monoisotopic (exact) mass is 390 g/mol. The summed E-state index contributed by atoms with van der Waals surface area (Å²) in [7, 11) is 0. The van der Waals surface area contributed by atoms with E-state index in [0.717, 1.165) is 38.4 Å². The lowest BCUT2D eigenvalue weighted by Gasteiger charge is -2.03. The number of nitrogens with zero attached hydrogens (tertiary/aromatic N) is 4. The van der Waals surface area contributed by atoms with E-state index in [0.29, 0.717) is 0 Å². The molecule has 0 aliphatic heterocycles. The van der Waals surface area contributed by atoms with Crippen LogP contribution in [0.5, 0.6) is 0 Å². The lowest BCUT2D eigenvalue weighted by molar-refractivity contribution is 0.940. The maximum atomic E-state index is 5.98. The molecular formula is C21H15ClN4S. The number of aromatic nitrogens is 4. The van der Waals surface area contributed by atoms with Crippen LogP contribution >= 0.6 is 23.4 Å². The second kappa shape index (κ2) is 6.76. The Balaban J connectivity index is 1.62. The minimum Gasteiger partial charge on any atom is -0.277 e. The van der Waals surface area contributed by atoms with E-state index in [-0.39, 0.29) is 0 Å². The molecule has 2 heterocycles. The first kappa shape index (κ1) is 16.4. The molecule has 0 bridgehead atoms. The first-order chi connectivity index (χ1) is 13.3. The van der Waals surface area contributed by atoms with Gasteiger partial charge in [-0.1, -0.05) is 65.8 Å². The number of imidazole rings is 1. The van der Waals surface area contributed by atoms with Gasteiger partial charge in [0.1, 0.15) is 0 Å². The lowest BCUT2D eigenvalue weighted by atomic mass is 10.2. The minimum absolute atomic E-state index is 0.750. The third kappa shape index (κ3) is 2.89. The molecule has 0 N–H and O–H groups in total. The van der Waals surface area contributed by atoms with Crippen molar-refractivity contribution in [3.05, 3.63) is 89.4 Å². The van der Waals surface area contributed by atoms with Crippen LogP contribution in [0.25, 0.3) is 22.5 Å². The van der Waals surface area contributed by atoms with Crippen molar-refractivity contribution in [3.63, 3.8) is 0 Å². The van der Waals surface area contributed by atoms with Crippen LogP contribution in [0, 0.1) is 0 Å². The second-order valence-electron chi connectivity index (χ2n) is 6.19. The van der Waals surface area contributed by atoms with Crippen LogP contribution in [0.15, 0.2) is 84.0 Å². The molecule has 0 atom stereocenters. The van der Waals surface area contributed by atoms with E-state index in [2.05, 4.69) is 49.5 Å². The Kier molecular flexibility index (Phi) is 4.11. The molecule has 132 valence electrons. The Morgan fingerprint density at radius 2 is 1.48 bits per heavy atom. The number of rotatable bonds is 4. The van der Waals surface area contributed by atoms with Crippen molar-refractivity contribution in [1.29, 1.82) is 0 Å². The van der Waals surface area contributed by atoms with Crippen molar-refractivity contribution in [3.8, 4) is 5.69 Å². The van der Waals surface area contributed by atoms with Gasteiger partial charge in [0.15, 0.2) is 5.16 Å². The molecule has 4 nitrogen and oxygen atoms in total. The fraction of sp³-hybridized carbons (Fsp3) is 0.0476. The predicted octanol–water partition coefficient (Wildman–Crippen LogP) is 5.62. The summed E-state index contributed by atoms with van der Waals surface area (Å²) >= 11 is 7.65. The van der Waals surface area contributed by atoms with Crippen molar-refractivity contribution >= 4 is 40.2 Å². The maximum absolute atomic E-state index is 5.98. The van der Waals surface area contributed by atoms with Gasteiger partial charge in [0.25, 0.3) is 0 Å². The molecule has 0 saturated carbocycles. The number of hydrogen-bond acceptors (Lipinski definition) is 3. The van der Waals surface area contributed by atoms with Crippen LogP contribution in [0.1, 0.15) is 5.56 Å². The van der Waals surface area contributed by atoms with Crippen molar-refractivity contribution in [2.45, 2.75) is 10.9 Å². The van der Waals surface area contributed by atoms with E-state index in [9.17, 15) is 0 Å². The van der Waals surface area contributed by atoms with E-state index in [1.165, 1.54) is 5.56 Å². The molecule has 3 aromatic carbocycles. The quantitative estimate of drug-likeness (QED) is 0.373. The summed E-state index contributed by atoms with van der Waals surface area (Å²) < 4.78 is 4.28. The summed E-state index contributed by atoms with van der Waals surface area (Å²) in [5.74, 6) is 1.63. The van der Waals surface area contributed by atoms with E-state index in [1.807, 2.05) is 48.5 Å². The summed E-state index contributed by atoms with van der Waals surface area (Å²) in [4.78, 5) is 0. The average molecular weight is 391 g/mol. The van der Waals surface area contributed by atoms with Gasteiger partial charge in [0.05, 0.1) is 11.0 Å². The van der Waals surface area contributed by atoms with E-state index >= 15 is 0 Å². The predicted molar refractivity (Wildman–Crippen MR) is 111 cm³/mol. The largest absolute Gasteiger partial charge is 0.277 e. The highest BCUT2D eigenvalue weighted by Crippen LogP contribution is 2.30.